The molecular weight excluding hydrogens is 292 g/mol. The number of nitrogens with one attached hydrogen (secondary N) is 1. The van der Waals surface area contributed by atoms with Crippen LogP contribution in [0.2, 0.25) is 0 Å². The van der Waals surface area contributed by atoms with Gasteiger partial charge in [0.05, 0.1) is 17.6 Å². The second kappa shape index (κ2) is 6.57. The minimum absolute atomic E-state index is 0.0486. The Bertz CT molecular complexity index is 826. The van der Waals surface area contributed by atoms with Crippen LogP contribution in [0, 0.1) is 0 Å². The molecule has 0 aliphatic rings. The summed E-state index contributed by atoms with van der Waals surface area (Å²) >= 11 is 0. The average Bonchev–Trinajstić information content (AvgIpc) is 3.01. The first-order chi connectivity index (χ1) is 11.2. The minimum Gasteiger partial charge on any atom is -0.476 e. The summed E-state index contributed by atoms with van der Waals surface area (Å²) in [5, 5.41) is 17.5. The van der Waals surface area contributed by atoms with Crippen LogP contribution < -0.4 is 5.43 Å². The summed E-state index contributed by atoms with van der Waals surface area (Å²) < 4.78 is 1.52. The highest BCUT2D eigenvalue weighted by Gasteiger charge is 2.15. The van der Waals surface area contributed by atoms with E-state index in [2.05, 4.69) is 15.6 Å². The van der Waals surface area contributed by atoms with Crippen LogP contribution >= 0.6 is 0 Å². The maximum atomic E-state index is 11.3. The van der Waals surface area contributed by atoms with Crippen LogP contribution in [0.1, 0.15) is 16.1 Å². The van der Waals surface area contributed by atoms with Crippen LogP contribution in [0.15, 0.2) is 72.0 Å². The third kappa shape index (κ3) is 3.44. The molecule has 1 heterocycles. The van der Waals surface area contributed by atoms with E-state index in [4.69, 9.17) is 0 Å². The van der Waals surface area contributed by atoms with Gasteiger partial charge in [-0.3, -0.25) is 5.43 Å². The van der Waals surface area contributed by atoms with Crippen molar-refractivity contribution in [1.29, 1.82) is 0 Å². The molecule has 0 unspecified atom stereocenters. The maximum Gasteiger partial charge on any atom is 0.357 e. The summed E-state index contributed by atoms with van der Waals surface area (Å²) in [7, 11) is 0. The van der Waals surface area contributed by atoms with Crippen molar-refractivity contribution < 1.29 is 9.90 Å². The second-order valence-electron chi connectivity index (χ2n) is 4.75. The molecule has 23 heavy (non-hydrogen) atoms. The number of hydrogen-bond acceptors (Lipinski definition) is 4. The smallest absolute Gasteiger partial charge is 0.357 e. The molecule has 3 rings (SSSR count). The zero-order valence-corrected chi connectivity index (χ0v) is 12.1. The molecule has 0 aliphatic carbocycles. The van der Waals surface area contributed by atoms with E-state index in [9.17, 15) is 9.90 Å². The molecule has 3 aromatic rings. The molecule has 2 aromatic carbocycles. The third-order valence-corrected chi connectivity index (χ3v) is 3.14. The van der Waals surface area contributed by atoms with Gasteiger partial charge in [0.1, 0.15) is 0 Å². The first-order valence-corrected chi connectivity index (χ1v) is 6.96. The van der Waals surface area contributed by atoms with E-state index >= 15 is 0 Å². The van der Waals surface area contributed by atoms with Crippen LogP contribution in [-0.2, 0) is 0 Å². The van der Waals surface area contributed by atoms with Gasteiger partial charge in [0.2, 0.25) is 0 Å². The molecule has 6 heteroatoms. The Morgan fingerprint density at radius 1 is 1.09 bits per heavy atom. The number of nitrogens with zero attached hydrogens (tertiary/aromatic N) is 3. The molecule has 0 saturated carbocycles. The topological polar surface area (TPSA) is 79.5 Å². The third-order valence-electron chi connectivity index (χ3n) is 3.14. The zero-order chi connectivity index (χ0) is 16.1. The van der Waals surface area contributed by atoms with Gasteiger partial charge >= 0.3 is 5.97 Å². The molecule has 1 aromatic heterocycles. The molecule has 0 amide bonds. The van der Waals surface area contributed by atoms with Crippen molar-refractivity contribution in [1.82, 2.24) is 9.78 Å². The van der Waals surface area contributed by atoms with Gasteiger partial charge in [0.25, 0.3) is 0 Å². The maximum absolute atomic E-state index is 11.3. The SMILES string of the molecule is O=C(O)c1nn(-c2ccccc2)cc1/C=N\Nc1ccccc1. The standard InChI is InChI=1S/C17H14N4O2/c22-17(23)16-13(11-18-19-14-7-3-1-4-8-14)12-21(20-16)15-9-5-2-6-10-15/h1-12,19H,(H,22,23)/b18-11-. The minimum atomic E-state index is -1.10. The second-order valence-corrected chi connectivity index (χ2v) is 4.75. The van der Waals surface area contributed by atoms with Crippen LogP contribution in [-0.4, -0.2) is 27.1 Å². The first kappa shape index (κ1) is 14.5. The lowest BCUT2D eigenvalue weighted by atomic mass is 10.2. The highest BCUT2D eigenvalue weighted by atomic mass is 16.4. The fourth-order valence-electron chi connectivity index (χ4n) is 2.05. The number of hydrogen-bond donors (Lipinski definition) is 2. The lowest BCUT2D eigenvalue weighted by Crippen LogP contribution is -2.03. The fourth-order valence-corrected chi connectivity index (χ4v) is 2.05. The Morgan fingerprint density at radius 2 is 1.74 bits per heavy atom. The Labute approximate surface area is 132 Å². The zero-order valence-electron chi connectivity index (χ0n) is 12.1. The number of aromatic carboxylic acids is 1. The summed E-state index contributed by atoms with van der Waals surface area (Å²) in [6.07, 6.45) is 3.08. The molecule has 0 aliphatic heterocycles. The number of carbonyl (C=O) groups is 1. The largest absolute Gasteiger partial charge is 0.476 e. The van der Waals surface area contributed by atoms with Crippen molar-refractivity contribution >= 4 is 17.9 Å². The average molecular weight is 306 g/mol. The Balaban J connectivity index is 1.86. The van der Waals surface area contributed by atoms with Gasteiger partial charge in [-0.25, -0.2) is 9.48 Å². The van der Waals surface area contributed by atoms with Crippen LogP contribution in [0.4, 0.5) is 5.69 Å². The van der Waals surface area contributed by atoms with Crippen molar-refractivity contribution in [2.24, 2.45) is 5.10 Å². The van der Waals surface area contributed by atoms with Gasteiger partial charge in [-0.2, -0.15) is 10.2 Å². The summed E-state index contributed by atoms with van der Waals surface area (Å²) in [6.45, 7) is 0. The molecule has 0 spiro atoms. The normalized spacial score (nSPS) is 10.8. The molecule has 0 radical (unpaired) electrons. The van der Waals surface area contributed by atoms with E-state index in [-0.39, 0.29) is 5.69 Å². The van der Waals surface area contributed by atoms with Crippen molar-refractivity contribution in [3.63, 3.8) is 0 Å². The first-order valence-electron chi connectivity index (χ1n) is 6.96. The molecule has 114 valence electrons. The number of anilines is 1. The number of carboxylic acids is 1. The Hall–Kier alpha value is -3.41. The van der Waals surface area contributed by atoms with Gasteiger partial charge < -0.3 is 5.11 Å². The van der Waals surface area contributed by atoms with Gasteiger partial charge in [0, 0.05) is 11.8 Å². The predicted molar refractivity (Wildman–Crippen MR) is 88.2 cm³/mol. The quantitative estimate of drug-likeness (QED) is 0.561. The molecule has 0 atom stereocenters. The fraction of sp³-hybridized carbons (Fsp3) is 0. The molecule has 0 fully saturated rings. The Kier molecular flexibility index (Phi) is 4.15. The number of carboxylic acid groups (broad SMARTS) is 1. The summed E-state index contributed by atoms with van der Waals surface area (Å²) in [5.74, 6) is -1.10. The Morgan fingerprint density at radius 3 is 2.39 bits per heavy atom. The van der Waals surface area contributed by atoms with E-state index in [0.29, 0.717) is 5.56 Å². The number of rotatable bonds is 5. The molecule has 0 saturated heterocycles. The molecule has 6 nitrogen and oxygen atoms in total. The van der Waals surface area contributed by atoms with E-state index in [1.165, 1.54) is 10.9 Å². The monoisotopic (exact) mass is 306 g/mol. The molecular formula is C17H14N4O2. The molecule has 2 N–H and O–H groups in total. The van der Waals surface area contributed by atoms with E-state index in [1.54, 1.807) is 6.20 Å². The number of hydrazone groups is 1. The predicted octanol–water partition coefficient (Wildman–Crippen LogP) is 3.02. The van der Waals surface area contributed by atoms with Crippen LogP contribution in [0.25, 0.3) is 5.69 Å². The summed E-state index contributed by atoms with van der Waals surface area (Å²) in [5.41, 5.74) is 4.82. The summed E-state index contributed by atoms with van der Waals surface area (Å²) in [4.78, 5) is 11.3. The van der Waals surface area contributed by atoms with Crippen molar-refractivity contribution in [2.75, 3.05) is 5.43 Å². The van der Waals surface area contributed by atoms with Gasteiger partial charge in [-0.05, 0) is 24.3 Å². The van der Waals surface area contributed by atoms with Gasteiger partial charge in [-0.1, -0.05) is 36.4 Å². The highest BCUT2D eigenvalue weighted by Crippen LogP contribution is 2.11. The van der Waals surface area contributed by atoms with Crippen LogP contribution in [0.5, 0.6) is 0 Å². The number of benzene rings is 2. The number of aromatic nitrogens is 2. The lowest BCUT2D eigenvalue weighted by molar-refractivity contribution is 0.0690. The van der Waals surface area contributed by atoms with Gasteiger partial charge in [0.15, 0.2) is 5.69 Å². The van der Waals surface area contributed by atoms with E-state index in [0.717, 1.165) is 11.4 Å². The van der Waals surface area contributed by atoms with Crippen molar-refractivity contribution in [3.8, 4) is 5.69 Å². The lowest BCUT2D eigenvalue weighted by Gasteiger charge is -1.98. The van der Waals surface area contributed by atoms with E-state index < -0.39 is 5.97 Å². The highest BCUT2D eigenvalue weighted by molar-refractivity contribution is 5.96. The van der Waals surface area contributed by atoms with Crippen molar-refractivity contribution in [2.45, 2.75) is 0 Å². The van der Waals surface area contributed by atoms with Crippen LogP contribution in [0.3, 0.4) is 0 Å². The summed E-state index contributed by atoms with van der Waals surface area (Å²) in [6, 6.07) is 18.7. The number of para-hydroxylation sites is 2. The molecule has 0 bridgehead atoms. The van der Waals surface area contributed by atoms with E-state index in [1.807, 2.05) is 60.7 Å². The van der Waals surface area contributed by atoms with Gasteiger partial charge in [-0.15, -0.1) is 0 Å². The van der Waals surface area contributed by atoms with Crippen molar-refractivity contribution in [3.05, 3.63) is 78.1 Å².